The van der Waals surface area contributed by atoms with Crippen LogP contribution in [0.1, 0.15) is 18.1 Å². The van der Waals surface area contributed by atoms with Crippen LogP contribution in [0.25, 0.3) is 22.3 Å². The van der Waals surface area contributed by atoms with Gasteiger partial charge in [0.15, 0.2) is 11.9 Å². The Balaban J connectivity index is 2.25. The number of ether oxygens (including phenoxy) is 2. The van der Waals surface area contributed by atoms with E-state index in [0.29, 0.717) is 22.3 Å². The standard InChI is InChI=1S/C21H20O5/c1-12-5-8-15(9-6-12)19-20(25-14(3)21(23)24-4)18(22)16-11-13(2)7-10-17(16)26-19/h5-11,14H,1-4H3/t14-/m1/s1. The number of esters is 1. The zero-order valence-electron chi connectivity index (χ0n) is 15.2. The first-order chi connectivity index (χ1) is 12.4. The van der Waals surface area contributed by atoms with Crippen molar-refractivity contribution in [1.82, 2.24) is 0 Å². The molecule has 0 saturated carbocycles. The van der Waals surface area contributed by atoms with E-state index in [0.717, 1.165) is 11.1 Å². The third-order valence-electron chi connectivity index (χ3n) is 4.15. The Labute approximate surface area is 151 Å². The van der Waals surface area contributed by atoms with Gasteiger partial charge in [-0.15, -0.1) is 0 Å². The topological polar surface area (TPSA) is 65.7 Å². The molecule has 1 atom stereocenters. The summed E-state index contributed by atoms with van der Waals surface area (Å²) in [4.78, 5) is 24.8. The fourth-order valence-corrected chi connectivity index (χ4v) is 2.68. The summed E-state index contributed by atoms with van der Waals surface area (Å²) in [6.07, 6.45) is -0.936. The average Bonchev–Trinajstić information content (AvgIpc) is 2.64. The van der Waals surface area contributed by atoms with Crippen LogP contribution in [0.5, 0.6) is 5.75 Å². The van der Waals surface area contributed by atoms with Gasteiger partial charge in [-0.05, 0) is 32.9 Å². The van der Waals surface area contributed by atoms with Crippen molar-refractivity contribution in [3.05, 3.63) is 63.8 Å². The van der Waals surface area contributed by atoms with Gasteiger partial charge in [-0.25, -0.2) is 4.79 Å². The third kappa shape index (κ3) is 3.33. The molecular weight excluding hydrogens is 332 g/mol. The van der Waals surface area contributed by atoms with Crippen LogP contribution in [-0.2, 0) is 9.53 Å². The highest BCUT2D eigenvalue weighted by Crippen LogP contribution is 2.32. The van der Waals surface area contributed by atoms with E-state index >= 15 is 0 Å². The molecule has 134 valence electrons. The maximum absolute atomic E-state index is 13.1. The molecule has 0 radical (unpaired) electrons. The summed E-state index contributed by atoms with van der Waals surface area (Å²) in [6.45, 7) is 5.40. The quantitative estimate of drug-likeness (QED) is 0.664. The Kier molecular flexibility index (Phi) is 4.80. The monoisotopic (exact) mass is 352 g/mol. The van der Waals surface area contributed by atoms with Gasteiger partial charge in [0.25, 0.3) is 0 Å². The lowest BCUT2D eigenvalue weighted by molar-refractivity contribution is -0.147. The van der Waals surface area contributed by atoms with Gasteiger partial charge in [0.05, 0.1) is 12.5 Å². The van der Waals surface area contributed by atoms with Gasteiger partial charge >= 0.3 is 5.97 Å². The molecule has 2 aromatic carbocycles. The summed E-state index contributed by atoms with van der Waals surface area (Å²) in [5.74, 6) is -0.268. The van der Waals surface area contributed by atoms with E-state index in [-0.39, 0.29) is 11.2 Å². The van der Waals surface area contributed by atoms with Crippen molar-refractivity contribution in [2.45, 2.75) is 26.9 Å². The highest BCUT2D eigenvalue weighted by molar-refractivity contribution is 5.83. The molecular formula is C21H20O5. The van der Waals surface area contributed by atoms with Crippen molar-refractivity contribution in [2.24, 2.45) is 0 Å². The Morgan fingerprint density at radius 3 is 2.35 bits per heavy atom. The minimum Gasteiger partial charge on any atom is -0.471 e. The predicted molar refractivity (Wildman–Crippen MR) is 99.5 cm³/mol. The van der Waals surface area contributed by atoms with Crippen LogP contribution in [0.3, 0.4) is 0 Å². The van der Waals surface area contributed by atoms with Gasteiger partial charge in [0.2, 0.25) is 11.2 Å². The molecule has 26 heavy (non-hydrogen) atoms. The van der Waals surface area contributed by atoms with Crippen molar-refractivity contribution in [3.8, 4) is 17.1 Å². The molecule has 3 aromatic rings. The van der Waals surface area contributed by atoms with Gasteiger partial charge in [-0.1, -0.05) is 41.5 Å². The first kappa shape index (κ1) is 17.7. The van der Waals surface area contributed by atoms with Crippen LogP contribution in [-0.4, -0.2) is 19.2 Å². The maximum atomic E-state index is 13.1. The molecule has 3 rings (SSSR count). The Bertz CT molecular complexity index is 1010. The molecule has 0 aliphatic heterocycles. The molecule has 5 heteroatoms. The van der Waals surface area contributed by atoms with E-state index in [4.69, 9.17) is 13.9 Å². The Morgan fingerprint density at radius 1 is 1.04 bits per heavy atom. The van der Waals surface area contributed by atoms with Crippen LogP contribution in [0, 0.1) is 13.8 Å². The molecule has 1 heterocycles. The fraction of sp³-hybridized carbons (Fsp3) is 0.238. The first-order valence-corrected chi connectivity index (χ1v) is 8.29. The van der Waals surface area contributed by atoms with E-state index in [1.807, 2.05) is 44.2 Å². The number of hydrogen-bond donors (Lipinski definition) is 0. The number of carbonyl (C=O) groups is 1. The van der Waals surface area contributed by atoms with Crippen molar-refractivity contribution < 1.29 is 18.7 Å². The number of methoxy groups -OCH3 is 1. The number of rotatable bonds is 4. The lowest BCUT2D eigenvalue weighted by Crippen LogP contribution is -2.27. The maximum Gasteiger partial charge on any atom is 0.346 e. The van der Waals surface area contributed by atoms with Crippen molar-refractivity contribution >= 4 is 16.9 Å². The lowest BCUT2D eigenvalue weighted by Gasteiger charge is -2.15. The smallest absolute Gasteiger partial charge is 0.346 e. The summed E-state index contributed by atoms with van der Waals surface area (Å²) in [5, 5.41) is 0.410. The van der Waals surface area contributed by atoms with Crippen LogP contribution in [0.2, 0.25) is 0 Å². The van der Waals surface area contributed by atoms with Crippen LogP contribution in [0.15, 0.2) is 51.7 Å². The summed E-state index contributed by atoms with van der Waals surface area (Å²) in [7, 11) is 1.27. The number of benzene rings is 2. The SMILES string of the molecule is COC(=O)[C@@H](C)Oc1c(-c2ccc(C)cc2)oc2ccc(C)cc2c1=O. The summed E-state index contributed by atoms with van der Waals surface area (Å²) < 4.78 is 16.4. The molecule has 0 unspecified atom stereocenters. The van der Waals surface area contributed by atoms with Gasteiger partial charge in [-0.2, -0.15) is 0 Å². The van der Waals surface area contributed by atoms with Gasteiger partial charge in [0, 0.05) is 5.56 Å². The van der Waals surface area contributed by atoms with E-state index in [1.165, 1.54) is 14.0 Å². The highest BCUT2D eigenvalue weighted by atomic mass is 16.6. The van der Waals surface area contributed by atoms with Crippen LogP contribution >= 0.6 is 0 Å². The molecule has 5 nitrogen and oxygen atoms in total. The zero-order valence-corrected chi connectivity index (χ0v) is 15.2. The number of hydrogen-bond acceptors (Lipinski definition) is 5. The number of fused-ring (bicyclic) bond motifs is 1. The Hall–Kier alpha value is -3.08. The summed E-state index contributed by atoms with van der Waals surface area (Å²) in [5.41, 5.74) is 2.86. The van der Waals surface area contributed by atoms with Gasteiger partial charge in [0.1, 0.15) is 5.58 Å². The molecule has 0 N–H and O–H groups in total. The van der Waals surface area contributed by atoms with Crippen LogP contribution in [0.4, 0.5) is 0 Å². The lowest BCUT2D eigenvalue weighted by atomic mass is 10.1. The van der Waals surface area contributed by atoms with Crippen molar-refractivity contribution in [2.75, 3.05) is 7.11 Å². The van der Waals surface area contributed by atoms with E-state index < -0.39 is 12.1 Å². The van der Waals surface area contributed by atoms with Crippen molar-refractivity contribution in [1.29, 1.82) is 0 Å². The normalized spacial score (nSPS) is 12.0. The summed E-state index contributed by atoms with van der Waals surface area (Å²) >= 11 is 0. The number of aryl methyl sites for hydroxylation is 2. The fourth-order valence-electron chi connectivity index (χ4n) is 2.68. The third-order valence-corrected chi connectivity index (χ3v) is 4.15. The van der Waals surface area contributed by atoms with Crippen molar-refractivity contribution in [3.63, 3.8) is 0 Å². The van der Waals surface area contributed by atoms with E-state index in [9.17, 15) is 9.59 Å². The van der Waals surface area contributed by atoms with Gasteiger partial charge < -0.3 is 13.9 Å². The second kappa shape index (κ2) is 7.04. The van der Waals surface area contributed by atoms with E-state index in [1.54, 1.807) is 12.1 Å². The molecule has 0 fully saturated rings. The molecule has 0 aliphatic rings. The highest BCUT2D eigenvalue weighted by Gasteiger charge is 2.23. The van der Waals surface area contributed by atoms with E-state index in [2.05, 4.69) is 0 Å². The second-order valence-corrected chi connectivity index (χ2v) is 6.24. The van der Waals surface area contributed by atoms with Crippen LogP contribution < -0.4 is 10.2 Å². The first-order valence-electron chi connectivity index (χ1n) is 8.29. The minimum atomic E-state index is -0.936. The molecule has 0 amide bonds. The molecule has 0 saturated heterocycles. The second-order valence-electron chi connectivity index (χ2n) is 6.24. The molecule has 1 aromatic heterocycles. The zero-order chi connectivity index (χ0) is 18.8. The average molecular weight is 352 g/mol. The largest absolute Gasteiger partial charge is 0.471 e. The summed E-state index contributed by atoms with van der Waals surface area (Å²) in [6, 6.07) is 12.9. The van der Waals surface area contributed by atoms with Gasteiger partial charge in [-0.3, -0.25) is 4.79 Å². The number of carbonyl (C=O) groups excluding carboxylic acids is 1. The molecule has 0 bridgehead atoms. The predicted octanol–water partition coefficient (Wildman–Crippen LogP) is 4.02. The minimum absolute atomic E-state index is 0.00449. The molecule has 0 spiro atoms. The Morgan fingerprint density at radius 2 is 1.69 bits per heavy atom. The molecule has 0 aliphatic carbocycles.